The van der Waals surface area contributed by atoms with Gasteiger partial charge in [0.2, 0.25) is 5.95 Å². The molecule has 0 aliphatic heterocycles. The molecule has 0 radical (unpaired) electrons. The van der Waals surface area contributed by atoms with Crippen LogP contribution in [0.25, 0.3) is 11.1 Å². The maximum Gasteiger partial charge on any atom is 0.326 e. The summed E-state index contributed by atoms with van der Waals surface area (Å²) in [4.78, 5) is 20.1. The lowest BCUT2D eigenvalue weighted by atomic mass is 10.1. The van der Waals surface area contributed by atoms with Crippen LogP contribution in [0.3, 0.4) is 0 Å². The van der Waals surface area contributed by atoms with Gasteiger partial charge in [0.1, 0.15) is 5.15 Å². The topological polar surface area (TPSA) is 66.9 Å². The van der Waals surface area contributed by atoms with Crippen LogP contribution in [0.2, 0.25) is 5.15 Å². The lowest BCUT2D eigenvalue weighted by Crippen LogP contribution is -2.21. The SMILES string of the molecule is Cc1cc(Cl)nc(NC(=O)Nc2ccc(-c3ccccc3)cc2)n1. The fourth-order valence-corrected chi connectivity index (χ4v) is 2.46. The Morgan fingerprint density at radius 1 is 0.917 bits per heavy atom. The molecule has 2 amide bonds. The van der Waals surface area contributed by atoms with Crippen molar-refractivity contribution in [1.82, 2.24) is 9.97 Å². The minimum atomic E-state index is -0.427. The van der Waals surface area contributed by atoms with Crippen LogP contribution < -0.4 is 10.6 Å². The Morgan fingerprint density at radius 2 is 1.58 bits per heavy atom. The van der Waals surface area contributed by atoms with Gasteiger partial charge in [-0.25, -0.2) is 14.8 Å². The fraction of sp³-hybridized carbons (Fsp3) is 0.0556. The Labute approximate surface area is 144 Å². The number of carbonyl (C=O) groups excluding carboxylic acids is 1. The van der Waals surface area contributed by atoms with E-state index in [0.717, 1.165) is 11.1 Å². The third-order valence-electron chi connectivity index (χ3n) is 3.30. The van der Waals surface area contributed by atoms with Crippen molar-refractivity contribution in [3.63, 3.8) is 0 Å². The lowest BCUT2D eigenvalue weighted by Gasteiger charge is -2.08. The number of amides is 2. The molecule has 0 atom stereocenters. The van der Waals surface area contributed by atoms with Gasteiger partial charge in [-0.3, -0.25) is 5.32 Å². The van der Waals surface area contributed by atoms with Crippen LogP contribution in [-0.4, -0.2) is 16.0 Å². The Bertz CT molecular complexity index is 830. The summed E-state index contributed by atoms with van der Waals surface area (Å²) in [6, 6.07) is 18.8. The minimum absolute atomic E-state index is 0.165. The van der Waals surface area contributed by atoms with E-state index < -0.39 is 6.03 Å². The van der Waals surface area contributed by atoms with Crippen LogP contribution in [0.5, 0.6) is 0 Å². The molecule has 1 aromatic heterocycles. The van der Waals surface area contributed by atoms with E-state index in [4.69, 9.17) is 11.6 Å². The van der Waals surface area contributed by atoms with Crippen LogP contribution in [0.4, 0.5) is 16.4 Å². The van der Waals surface area contributed by atoms with Crippen molar-refractivity contribution in [3.05, 3.63) is 71.5 Å². The number of carbonyl (C=O) groups is 1. The molecule has 5 nitrogen and oxygen atoms in total. The van der Waals surface area contributed by atoms with Crippen LogP contribution in [-0.2, 0) is 0 Å². The Hall–Kier alpha value is -2.92. The summed E-state index contributed by atoms with van der Waals surface area (Å²) in [5.41, 5.74) is 3.55. The lowest BCUT2D eigenvalue weighted by molar-refractivity contribution is 0.262. The monoisotopic (exact) mass is 338 g/mol. The summed E-state index contributed by atoms with van der Waals surface area (Å²) in [5.74, 6) is 0.165. The zero-order valence-electron chi connectivity index (χ0n) is 13.0. The average Bonchev–Trinajstić information content (AvgIpc) is 2.55. The standard InChI is InChI=1S/C18H15ClN4O/c1-12-11-16(19)22-17(20-12)23-18(24)21-15-9-7-14(8-10-15)13-5-3-2-4-6-13/h2-11H,1H3,(H2,20,21,22,23,24). The van der Waals surface area contributed by atoms with Crippen molar-refractivity contribution < 1.29 is 4.79 Å². The molecular weight excluding hydrogens is 324 g/mol. The highest BCUT2D eigenvalue weighted by molar-refractivity contribution is 6.29. The predicted molar refractivity (Wildman–Crippen MR) is 96.3 cm³/mol. The molecule has 6 heteroatoms. The van der Waals surface area contributed by atoms with Gasteiger partial charge < -0.3 is 5.32 Å². The molecule has 3 aromatic rings. The van der Waals surface area contributed by atoms with Crippen molar-refractivity contribution in [2.24, 2.45) is 0 Å². The second-order valence-corrected chi connectivity index (χ2v) is 5.57. The van der Waals surface area contributed by atoms with Crippen molar-refractivity contribution >= 4 is 29.3 Å². The van der Waals surface area contributed by atoms with Crippen molar-refractivity contribution in [2.45, 2.75) is 6.92 Å². The number of anilines is 2. The number of hydrogen-bond acceptors (Lipinski definition) is 3. The zero-order chi connectivity index (χ0) is 16.9. The Balaban J connectivity index is 1.66. The smallest absolute Gasteiger partial charge is 0.308 e. The Morgan fingerprint density at radius 3 is 2.25 bits per heavy atom. The highest BCUT2D eigenvalue weighted by atomic mass is 35.5. The molecule has 0 aliphatic carbocycles. The van der Waals surface area contributed by atoms with Gasteiger partial charge in [-0.1, -0.05) is 54.1 Å². The molecule has 0 bridgehead atoms. The normalized spacial score (nSPS) is 10.2. The first-order valence-corrected chi connectivity index (χ1v) is 7.72. The first kappa shape index (κ1) is 16.0. The Kier molecular flexibility index (Phi) is 4.72. The van der Waals surface area contributed by atoms with E-state index in [1.807, 2.05) is 54.6 Å². The van der Waals surface area contributed by atoms with E-state index in [1.165, 1.54) is 0 Å². The third-order valence-corrected chi connectivity index (χ3v) is 3.49. The van der Waals surface area contributed by atoms with E-state index in [9.17, 15) is 4.79 Å². The summed E-state index contributed by atoms with van der Waals surface area (Å²) in [6.07, 6.45) is 0. The van der Waals surface area contributed by atoms with Gasteiger partial charge in [0.15, 0.2) is 0 Å². The average molecular weight is 339 g/mol. The molecule has 3 rings (SSSR count). The molecule has 0 saturated carbocycles. The van der Waals surface area contributed by atoms with E-state index >= 15 is 0 Å². The summed E-state index contributed by atoms with van der Waals surface area (Å²) in [7, 11) is 0. The maximum absolute atomic E-state index is 12.0. The van der Waals surface area contributed by atoms with Gasteiger partial charge in [0, 0.05) is 11.4 Å². The van der Waals surface area contributed by atoms with Gasteiger partial charge in [-0.05, 0) is 36.2 Å². The summed E-state index contributed by atoms with van der Waals surface area (Å²) in [6.45, 7) is 1.78. The number of aromatic nitrogens is 2. The second-order valence-electron chi connectivity index (χ2n) is 5.18. The number of aryl methyl sites for hydroxylation is 1. The van der Waals surface area contributed by atoms with Crippen molar-refractivity contribution in [2.75, 3.05) is 10.6 Å². The molecule has 0 unspecified atom stereocenters. The highest BCUT2D eigenvalue weighted by Gasteiger charge is 2.07. The van der Waals surface area contributed by atoms with Crippen LogP contribution in [0, 0.1) is 6.92 Å². The fourth-order valence-electron chi connectivity index (χ4n) is 2.23. The minimum Gasteiger partial charge on any atom is -0.308 e. The second kappa shape index (κ2) is 7.10. The largest absolute Gasteiger partial charge is 0.326 e. The molecule has 120 valence electrons. The van der Waals surface area contributed by atoms with Crippen molar-refractivity contribution in [1.29, 1.82) is 0 Å². The third kappa shape index (κ3) is 4.08. The number of benzene rings is 2. The van der Waals surface area contributed by atoms with E-state index in [0.29, 0.717) is 11.4 Å². The molecule has 0 saturated heterocycles. The van der Waals surface area contributed by atoms with E-state index in [1.54, 1.807) is 13.0 Å². The molecule has 2 aromatic carbocycles. The van der Waals surface area contributed by atoms with Gasteiger partial charge in [-0.2, -0.15) is 0 Å². The van der Waals surface area contributed by atoms with Gasteiger partial charge in [0.25, 0.3) is 0 Å². The molecule has 0 spiro atoms. The first-order chi connectivity index (χ1) is 11.6. The van der Waals surface area contributed by atoms with Crippen molar-refractivity contribution in [3.8, 4) is 11.1 Å². The number of hydrogen-bond donors (Lipinski definition) is 2. The number of nitrogens with one attached hydrogen (secondary N) is 2. The maximum atomic E-state index is 12.0. The number of nitrogens with zero attached hydrogens (tertiary/aromatic N) is 2. The number of rotatable bonds is 3. The van der Waals surface area contributed by atoms with Gasteiger partial charge >= 0.3 is 6.03 Å². The molecule has 24 heavy (non-hydrogen) atoms. The van der Waals surface area contributed by atoms with Crippen LogP contribution in [0.15, 0.2) is 60.7 Å². The molecule has 0 fully saturated rings. The summed E-state index contributed by atoms with van der Waals surface area (Å²) in [5, 5.41) is 5.58. The van der Waals surface area contributed by atoms with E-state index in [-0.39, 0.29) is 11.1 Å². The van der Waals surface area contributed by atoms with Crippen LogP contribution >= 0.6 is 11.6 Å². The van der Waals surface area contributed by atoms with Crippen LogP contribution in [0.1, 0.15) is 5.69 Å². The van der Waals surface area contributed by atoms with Gasteiger partial charge in [-0.15, -0.1) is 0 Å². The number of halogens is 1. The quantitative estimate of drug-likeness (QED) is 0.677. The highest BCUT2D eigenvalue weighted by Crippen LogP contribution is 2.21. The predicted octanol–water partition coefficient (Wildman–Crippen LogP) is 4.75. The molecule has 2 N–H and O–H groups in total. The summed E-state index contributed by atoms with van der Waals surface area (Å²) >= 11 is 5.85. The first-order valence-electron chi connectivity index (χ1n) is 7.35. The van der Waals surface area contributed by atoms with Gasteiger partial charge in [0.05, 0.1) is 0 Å². The molecule has 0 aliphatic rings. The van der Waals surface area contributed by atoms with E-state index in [2.05, 4.69) is 20.6 Å². The number of urea groups is 1. The zero-order valence-corrected chi connectivity index (χ0v) is 13.7. The molecular formula is C18H15ClN4O. The molecule has 1 heterocycles. The summed E-state index contributed by atoms with van der Waals surface area (Å²) < 4.78 is 0.